The number of carboxylic acids is 1. The first kappa shape index (κ1) is 33.4. The highest BCUT2D eigenvalue weighted by atomic mass is 32.2. The molecule has 242 valence electrons. The highest BCUT2D eigenvalue weighted by Gasteiger charge is 2.54. The molecular weight excluding hydrogens is 640 g/mol. The molecular formula is C27H29F2N5O9S2. The molecule has 0 saturated carbocycles. The average molecular weight is 670 g/mol. The first-order valence-corrected chi connectivity index (χ1v) is 15.1. The van der Waals surface area contributed by atoms with Crippen LogP contribution in [0.3, 0.4) is 0 Å². The molecule has 1 saturated heterocycles. The predicted octanol–water partition coefficient (Wildman–Crippen LogP) is 2.24. The van der Waals surface area contributed by atoms with Crippen LogP contribution >= 0.6 is 23.1 Å². The molecule has 2 aromatic rings. The van der Waals surface area contributed by atoms with Crippen LogP contribution in [-0.4, -0.2) is 83.0 Å². The molecule has 0 aliphatic carbocycles. The molecule has 18 heteroatoms. The number of hydrogen-bond donors (Lipinski definition) is 5. The quantitative estimate of drug-likeness (QED) is 0.0855. The lowest BCUT2D eigenvalue weighted by molar-refractivity contribution is -0.179. The number of aromatic hydroxyl groups is 2. The Bertz CT molecular complexity index is 1650. The van der Waals surface area contributed by atoms with E-state index >= 15 is 0 Å². The summed E-state index contributed by atoms with van der Waals surface area (Å²) in [6, 6.07) is -0.613. The largest absolute Gasteiger partial charge is 0.502 e. The maximum atomic E-state index is 14.5. The molecule has 0 bridgehead atoms. The molecule has 4 rings (SSSR count). The zero-order chi connectivity index (χ0) is 33.6. The summed E-state index contributed by atoms with van der Waals surface area (Å²) in [5, 5.41) is 35.9. The number of carboxylic acid groups (broad SMARTS) is 1. The Labute approximate surface area is 262 Å². The molecule has 2 atom stereocenters. The van der Waals surface area contributed by atoms with Crippen molar-refractivity contribution >= 4 is 57.7 Å². The van der Waals surface area contributed by atoms with Crippen molar-refractivity contribution in [3.8, 4) is 11.5 Å². The highest BCUT2D eigenvalue weighted by Crippen LogP contribution is 2.42. The molecule has 2 aliphatic heterocycles. The molecule has 1 unspecified atom stereocenters. The number of fused-ring (bicyclic) bond motifs is 1. The van der Waals surface area contributed by atoms with Crippen LogP contribution in [-0.2, 0) is 35.2 Å². The van der Waals surface area contributed by atoms with Gasteiger partial charge in [0.05, 0.1) is 0 Å². The number of hydrogen-bond acceptors (Lipinski definition) is 13. The van der Waals surface area contributed by atoms with E-state index in [2.05, 4.69) is 15.5 Å². The number of rotatable bonds is 9. The SMILES string of the molecule is CC(C)(C)OC(=O)C(C)(C)ON=C(C(=O)NC1C(=O)N2C(C(=O)O)=C(Cc3cc(F)c(O)c(O)c3F)CS[C@@H]12)c1csc(N)n1. The summed E-state index contributed by atoms with van der Waals surface area (Å²) < 4.78 is 33.8. The number of aromatic nitrogens is 1. The molecule has 1 fully saturated rings. The first-order chi connectivity index (χ1) is 20.8. The van der Waals surface area contributed by atoms with Crippen molar-refractivity contribution in [1.82, 2.24) is 15.2 Å². The number of nitrogens with zero attached hydrogens (tertiary/aromatic N) is 3. The topological polar surface area (TPSA) is 214 Å². The van der Waals surface area contributed by atoms with Crippen LogP contribution in [0.25, 0.3) is 0 Å². The van der Waals surface area contributed by atoms with Crippen molar-refractivity contribution < 1.29 is 52.9 Å². The monoisotopic (exact) mass is 669 g/mol. The number of benzene rings is 1. The predicted molar refractivity (Wildman–Crippen MR) is 157 cm³/mol. The number of thioether (sulfide) groups is 1. The van der Waals surface area contributed by atoms with Crippen molar-refractivity contribution in [2.45, 2.75) is 63.7 Å². The van der Waals surface area contributed by atoms with Gasteiger partial charge in [-0.15, -0.1) is 23.1 Å². The number of ether oxygens (including phenoxy) is 1. The van der Waals surface area contributed by atoms with E-state index in [-0.39, 0.29) is 22.2 Å². The molecule has 1 aromatic carbocycles. The van der Waals surface area contributed by atoms with Crippen LogP contribution in [0, 0.1) is 11.6 Å². The highest BCUT2D eigenvalue weighted by molar-refractivity contribution is 8.00. The van der Waals surface area contributed by atoms with E-state index in [1.807, 2.05) is 0 Å². The van der Waals surface area contributed by atoms with E-state index in [0.29, 0.717) is 6.07 Å². The lowest BCUT2D eigenvalue weighted by Crippen LogP contribution is -2.71. The third-order valence-corrected chi connectivity index (χ3v) is 8.43. The zero-order valence-electron chi connectivity index (χ0n) is 24.5. The molecule has 6 N–H and O–H groups in total. The Morgan fingerprint density at radius 2 is 1.87 bits per heavy atom. The second-order valence-electron chi connectivity index (χ2n) is 11.4. The van der Waals surface area contributed by atoms with Gasteiger partial charge in [0.15, 0.2) is 34.0 Å². The van der Waals surface area contributed by atoms with Crippen LogP contribution in [0.1, 0.15) is 45.9 Å². The van der Waals surface area contributed by atoms with Gasteiger partial charge in [-0.2, -0.15) is 0 Å². The summed E-state index contributed by atoms with van der Waals surface area (Å²) >= 11 is 2.04. The molecule has 1 aromatic heterocycles. The molecule has 0 radical (unpaired) electrons. The van der Waals surface area contributed by atoms with E-state index in [1.165, 1.54) is 19.2 Å². The number of anilines is 1. The second kappa shape index (κ2) is 12.2. The lowest BCUT2D eigenvalue weighted by atomic mass is 9.98. The minimum Gasteiger partial charge on any atom is -0.502 e. The summed E-state index contributed by atoms with van der Waals surface area (Å²) in [5.74, 6) is -9.41. The van der Waals surface area contributed by atoms with Crippen molar-refractivity contribution in [2.75, 3.05) is 11.5 Å². The van der Waals surface area contributed by atoms with Crippen molar-refractivity contribution in [3.05, 3.63) is 45.6 Å². The molecule has 0 spiro atoms. The van der Waals surface area contributed by atoms with Crippen LogP contribution in [0.15, 0.2) is 27.9 Å². The number of oxime groups is 1. The van der Waals surface area contributed by atoms with E-state index in [4.69, 9.17) is 15.3 Å². The summed E-state index contributed by atoms with van der Waals surface area (Å²) in [5.41, 5.74) is 1.90. The van der Waals surface area contributed by atoms with Gasteiger partial charge in [-0.3, -0.25) is 14.5 Å². The first-order valence-electron chi connectivity index (χ1n) is 13.1. The van der Waals surface area contributed by atoms with Gasteiger partial charge in [0.1, 0.15) is 28.4 Å². The zero-order valence-corrected chi connectivity index (χ0v) is 26.1. The van der Waals surface area contributed by atoms with Crippen LogP contribution < -0.4 is 11.1 Å². The average Bonchev–Trinajstić information content (AvgIpc) is 3.37. The van der Waals surface area contributed by atoms with Gasteiger partial charge in [-0.05, 0) is 58.2 Å². The van der Waals surface area contributed by atoms with Crippen molar-refractivity contribution in [3.63, 3.8) is 0 Å². The number of nitrogens with two attached hydrogens (primary N) is 1. The number of carbonyl (C=O) groups excluding carboxylic acids is 3. The summed E-state index contributed by atoms with van der Waals surface area (Å²) in [7, 11) is 0. The van der Waals surface area contributed by atoms with Gasteiger partial charge in [-0.1, -0.05) is 5.16 Å². The normalized spacial score (nSPS) is 18.7. The van der Waals surface area contributed by atoms with Gasteiger partial charge in [0.25, 0.3) is 11.8 Å². The Kier molecular flexibility index (Phi) is 9.03. The standard InChI is InChI=1S/C27H29F2N5O9S2/c1-26(2,3)42-24(41)27(4,5)43-33-15(13-9-45-25(30)31-13)20(37)32-16-21(38)34-17(23(39)40)11(8-44-22(16)34)6-10-7-12(28)18(35)19(36)14(10)29/h7,9,16,22,35-36H,6,8H2,1-5H3,(H2,30,31)(H,32,37)(H,39,40)/t16?,22-/m0/s1. The number of halogens is 2. The van der Waals surface area contributed by atoms with Gasteiger partial charge in [0.2, 0.25) is 5.60 Å². The molecule has 45 heavy (non-hydrogen) atoms. The maximum absolute atomic E-state index is 14.5. The third kappa shape index (κ3) is 6.80. The number of thiazole rings is 1. The number of esters is 1. The number of carbonyl (C=O) groups is 4. The molecule has 2 aliphatic rings. The van der Waals surface area contributed by atoms with E-state index in [0.717, 1.165) is 28.0 Å². The summed E-state index contributed by atoms with van der Waals surface area (Å²) in [6.07, 6.45) is -0.494. The lowest BCUT2D eigenvalue weighted by Gasteiger charge is -2.49. The Morgan fingerprint density at radius 1 is 1.20 bits per heavy atom. The Morgan fingerprint density at radius 3 is 2.44 bits per heavy atom. The van der Waals surface area contributed by atoms with E-state index in [9.17, 15) is 43.3 Å². The molecule has 3 heterocycles. The number of amides is 2. The minimum atomic E-state index is -1.64. The van der Waals surface area contributed by atoms with Crippen molar-refractivity contribution in [2.24, 2.45) is 5.16 Å². The van der Waals surface area contributed by atoms with E-state index in [1.54, 1.807) is 20.8 Å². The Balaban J connectivity index is 1.57. The van der Waals surface area contributed by atoms with Crippen LogP contribution in [0.5, 0.6) is 11.5 Å². The van der Waals surface area contributed by atoms with Gasteiger partial charge in [-0.25, -0.2) is 23.4 Å². The molecule has 2 amide bonds. The fourth-order valence-corrected chi connectivity index (χ4v) is 6.13. The maximum Gasteiger partial charge on any atom is 0.353 e. The van der Waals surface area contributed by atoms with Gasteiger partial charge >= 0.3 is 11.9 Å². The minimum absolute atomic E-state index is 0.0188. The number of β-lactam (4-membered cyclic amide) rings is 1. The smallest absolute Gasteiger partial charge is 0.353 e. The number of nitrogen functional groups attached to an aromatic ring is 1. The number of aliphatic carboxylic acids is 1. The number of phenols is 2. The van der Waals surface area contributed by atoms with Crippen LogP contribution in [0.2, 0.25) is 0 Å². The van der Waals surface area contributed by atoms with Gasteiger partial charge in [0, 0.05) is 11.1 Å². The third-order valence-electron chi connectivity index (χ3n) is 6.42. The number of phenolic OH excluding ortho intramolecular Hbond substituents is 2. The second-order valence-corrected chi connectivity index (χ2v) is 13.4. The van der Waals surface area contributed by atoms with E-state index < -0.39 is 92.9 Å². The summed E-state index contributed by atoms with van der Waals surface area (Å²) in [6.45, 7) is 7.73. The fraction of sp³-hybridized carbons (Fsp3) is 0.407. The number of nitrogens with one attached hydrogen (secondary N) is 1. The van der Waals surface area contributed by atoms with Gasteiger partial charge < -0.3 is 35.9 Å². The Hall–Kier alpha value is -4.45. The van der Waals surface area contributed by atoms with Crippen molar-refractivity contribution in [1.29, 1.82) is 0 Å². The molecule has 14 nitrogen and oxygen atoms in total. The van der Waals surface area contributed by atoms with Crippen LogP contribution in [0.4, 0.5) is 13.9 Å². The fourth-order valence-electron chi connectivity index (χ4n) is 4.24. The summed E-state index contributed by atoms with van der Waals surface area (Å²) in [4.78, 5) is 61.8.